The summed E-state index contributed by atoms with van der Waals surface area (Å²) >= 11 is 0. The second kappa shape index (κ2) is 4.30. The van der Waals surface area contributed by atoms with Crippen molar-refractivity contribution >= 4 is 11.9 Å². The van der Waals surface area contributed by atoms with Crippen molar-refractivity contribution in [1.82, 2.24) is 0 Å². The van der Waals surface area contributed by atoms with Gasteiger partial charge < -0.3 is 9.47 Å². The highest BCUT2D eigenvalue weighted by Gasteiger charge is 2.58. The summed E-state index contributed by atoms with van der Waals surface area (Å²) in [5, 5.41) is 8.99. The number of carbonyl (C=O) groups is 2. The second-order valence-corrected chi connectivity index (χ2v) is 3.42. The molecule has 0 aromatic carbocycles. The van der Waals surface area contributed by atoms with Crippen molar-refractivity contribution in [3.63, 3.8) is 0 Å². The summed E-state index contributed by atoms with van der Waals surface area (Å²) < 4.78 is 9.34. The van der Waals surface area contributed by atoms with Crippen molar-refractivity contribution < 1.29 is 19.1 Å². The summed E-state index contributed by atoms with van der Waals surface area (Å²) in [4.78, 5) is 22.9. The van der Waals surface area contributed by atoms with Gasteiger partial charge in [-0.3, -0.25) is 9.59 Å². The third-order valence-corrected chi connectivity index (χ3v) is 2.75. The van der Waals surface area contributed by atoms with Gasteiger partial charge in [-0.15, -0.1) is 0 Å². The Labute approximate surface area is 88.0 Å². The predicted molar refractivity (Wildman–Crippen MR) is 49.4 cm³/mol. The number of rotatable bonds is 3. The number of hydrogen-bond donors (Lipinski definition) is 0. The van der Waals surface area contributed by atoms with Crippen molar-refractivity contribution in [3.8, 4) is 6.07 Å². The van der Waals surface area contributed by atoms with E-state index in [1.807, 2.05) is 6.07 Å². The van der Waals surface area contributed by atoms with Crippen molar-refractivity contribution in [2.45, 2.75) is 19.8 Å². The molecule has 5 heteroatoms. The summed E-state index contributed by atoms with van der Waals surface area (Å²) in [7, 11) is 1.24. The zero-order valence-electron chi connectivity index (χ0n) is 8.78. The zero-order chi connectivity index (χ0) is 11.5. The minimum Gasteiger partial charge on any atom is -0.469 e. The molecular formula is C10H13NO4. The van der Waals surface area contributed by atoms with Crippen molar-refractivity contribution in [3.05, 3.63) is 0 Å². The summed E-state index contributed by atoms with van der Waals surface area (Å²) in [5.41, 5.74) is -1.32. The normalized spacial score (nSPS) is 28.5. The lowest BCUT2D eigenvalue weighted by atomic mass is 9.61. The SMILES string of the molecule is CCOC(=O)C1(C#N)CCC1C(=O)OC. The van der Waals surface area contributed by atoms with E-state index in [1.54, 1.807) is 6.92 Å². The molecule has 1 saturated carbocycles. The Bertz CT molecular complexity index is 320. The first-order valence-corrected chi connectivity index (χ1v) is 4.78. The van der Waals surface area contributed by atoms with Gasteiger partial charge in [0.1, 0.15) is 0 Å². The molecule has 0 aromatic heterocycles. The summed E-state index contributed by atoms with van der Waals surface area (Å²) in [6, 6.07) is 1.89. The van der Waals surface area contributed by atoms with Gasteiger partial charge in [0.05, 0.1) is 25.7 Å². The van der Waals surface area contributed by atoms with Gasteiger partial charge in [0.25, 0.3) is 0 Å². The fourth-order valence-corrected chi connectivity index (χ4v) is 1.72. The van der Waals surface area contributed by atoms with Crippen LogP contribution in [0.3, 0.4) is 0 Å². The molecule has 0 bridgehead atoms. The lowest BCUT2D eigenvalue weighted by molar-refractivity contribution is -0.172. The molecule has 0 heterocycles. The fourth-order valence-electron chi connectivity index (χ4n) is 1.72. The van der Waals surface area contributed by atoms with Gasteiger partial charge in [0, 0.05) is 0 Å². The van der Waals surface area contributed by atoms with Crippen LogP contribution in [0.15, 0.2) is 0 Å². The molecule has 2 atom stereocenters. The third-order valence-electron chi connectivity index (χ3n) is 2.75. The van der Waals surface area contributed by atoms with Crippen LogP contribution >= 0.6 is 0 Å². The number of nitrogens with zero attached hydrogens (tertiary/aromatic N) is 1. The Kier molecular flexibility index (Phi) is 3.30. The lowest BCUT2D eigenvalue weighted by Crippen LogP contribution is -2.50. The molecule has 1 aliphatic carbocycles. The van der Waals surface area contributed by atoms with Crippen LogP contribution in [0.25, 0.3) is 0 Å². The fraction of sp³-hybridized carbons (Fsp3) is 0.700. The number of nitriles is 1. The highest BCUT2D eigenvalue weighted by Crippen LogP contribution is 2.47. The van der Waals surface area contributed by atoms with E-state index in [9.17, 15) is 9.59 Å². The zero-order valence-corrected chi connectivity index (χ0v) is 8.78. The van der Waals surface area contributed by atoms with Crippen LogP contribution in [0, 0.1) is 22.7 Å². The van der Waals surface area contributed by atoms with Crippen LogP contribution in [-0.4, -0.2) is 25.7 Å². The third kappa shape index (κ3) is 1.67. The maximum Gasteiger partial charge on any atom is 0.327 e. The molecule has 1 fully saturated rings. The van der Waals surface area contributed by atoms with E-state index < -0.39 is 23.3 Å². The molecule has 0 spiro atoms. The first kappa shape index (κ1) is 11.5. The Morgan fingerprint density at radius 1 is 1.60 bits per heavy atom. The largest absolute Gasteiger partial charge is 0.469 e. The van der Waals surface area contributed by atoms with E-state index in [2.05, 4.69) is 4.74 Å². The van der Waals surface area contributed by atoms with Crippen molar-refractivity contribution in [2.24, 2.45) is 11.3 Å². The number of ether oxygens (including phenoxy) is 2. The molecule has 0 aromatic rings. The van der Waals surface area contributed by atoms with E-state index in [-0.39, 0.29) is 6.61 Å². The maximum absolute atomic E-state index is 11.6. The van der Waals surface area contributed by atoms with E-state index in [4.69, 9.17) is 10.00 Å². The molecule has 0 N–H and O–H groups in total. The second-order valence-electron chi connectivity index (χ2n) is 3.42. The average molecular weight is 211 g/mol. The molecule has 0 amide bonds. The summed E-state index contributed by atoms with van der Waals surface area (Å²) in [6.07, 6.45) is 0.862. The highest BCUT2D eigenvalue weighted by molar-refractivity contribution is 5.89. The van der Waals surface area contributed by atoms with Crippen LogP contribution in [0.2, 0.25) is 0 Å². The van der Waals surface area contributed by atoms with Gasteiger partial charge >= 0.3 is 11.9 Å². The number of carbonyl (C=O) groups excluding carboxylic acids is 2. The molecule has 0 aliphatic heterocycles. The summed E-state index contributed by atoms with van der Waals surface area (Å²) in [5.74, 6) is -1.81. The predicted octanol–water partition coefficient (Wildman–Crippen LogP) is 0.642. The standard InChI is InChI=1S/C10H13NO4/c1-3-15-9(13)10(6-11)5-4-7(10)8(12)14-2/h7H,3-5H2,1-2H3. The molecule has 1 rings (SSSR count). The van der Waals surface area contributed by atoms with Gasteiger partial charge in [0.15, 0.2) is 5.41 Å². The minimum absolute atomic E-state index is 0.205. The number of methoxy groups -OCH3 is 1. The van der Waals surface area contributed by atoms with E-state index in [0.717, 1.165) is 0 Å². The average Bonchev–Trinajstić information content (AvgIpc) is 2.18. The summed E-state index contributed by atoms with van der Waals surface area (Å²) in [6.45, 7) is 1.87. The monoisotopic (exact) mass is 211 g/mol. The Balaban J connectivity index is 2.83. The van der Waals surface area contributed by atoms with Crippen LogP contribution in [0.1, 0.15) is 19.8 Å². The van der Waals surface area contributed by atoms with E-state index >= 15 is 0 Å². The van der Waals surface area contributed by atoms with E-state index in [1.165, 1.54) is 7.11 Å². The molecule has 0 saturated heterocycles. The van der Waals surface area contributed by atoms with Crippen LogP contribution in [-0.2, 0) is 19.1 Å². The van der Waals surface area contributed by atoms with Gasteiger partial charge in [-0.25, -0.2) is 0 Å². The Hall–Kier alpha value is -1.57. The first-order valence-electron chi connectivity index (χ1n) is 4.78. The van der Waals surface area contributed by atoms with Gasteiger partial charge in [-0.2, -0.15) is 5.26 Å². The molecule has 1 aliphatic rings. The maximum atomic E-state index is 11.6. The topological polar surface area (TPSA) is 76.4 Å². The Morgan fingerprint density at radius 2 is 2.27 bits per heavy atom. The molecule has 2 unspecified atom stereocenters. The van der Waals surface area contributed by atoms with E-state index in [0.29, 0.717) is 12.8 Å². The molecule has 82 valence electrons. The quantitative estimate of drug-likeness (QED) is 0.640. The van der Waals surface area contributed by atoms with Crippen molar-refractivity contribution in [2.75, 3.05) is 13.7 Å². The number of esters is 2. The Morgan fingerprint density at radius 3 is 2.60 bits per heavy atom. The van der Waals surface area contributed by atoms with Crippen LogP contribution < -0.4 is 0 Å². The highest BCUT2D eigenvalue weighted by atomic mass is 16.5. The van der Waals surface area contributed by atoms with Crippen molar-refractivity contribution in [1.29, 1.82) is 5.26 Å². The molecular weight excluding hydrogens is 198 g/mol. The van der Waals surface area contributed by atoms with Gasteiger partial charge in [-0.05, 0) is 19.8 Å². The minimum atomic E-state index is -1.32. The van der Waals surface area contributed by atoms with Crippen LogP contribution in [0.4, 0.5) is 0 Å². The first-order chi connectivity index (χ1) is 7.12. The van der Waals surface area contributed by atoms with Gasteiger partial charge in [0.2, 0.25) is 0 Å². The number of hydrogen-bond acceptors (Lipinski definition) is 5. The molecule has 15 heavy (non-hydrogen) atoms. The lowest BCUT2D eigenvalue weighted by Gasteiger charge is -2.39. The molecule has 0 radical (unpaired) electrons. The van der Waals surface area contributed by atoms with Gasteiger partial charge in [-0.1, -0.05) is 0 Å². The van der Waals surface area contributed by atoms with Crippen LogP contribution in [0.5, 0.6) is 0 Å². The molecule has 5 nitrogen and oxygen atoms in total. The smallest absolute Gasteiger partial charge is 0.327 e.